The Morgan fingerprint density at radius 2 is 2.11 bits per heavy atom. The van der Waals surface area contributed by atoms with E-state index in [9.17, 15) is 4.79 Å². The maximum absolute atomic E-state index is 10.5. The van der Waals surface area contributed by atoms with Crippen molar-refractivity contribution in [2.75, 3.05) is 0 Å². The molecule has 0 amide bonds. The molecular weight excluding hydrogens is 232 g/mol. The summed E-state index contributed by atoms with van der Waals surface area (Å²) in [5, 5.41) is 11.2. The van der Waals surface area contributed by atoms with Crippen LogP contribution in [-0.2, 0) is 9.63 Å². The van der Waals surface area contributed by atoms with E-state index in [1.165, 1.54) is 19.3 Å². The maximum Gasteiger partial charge on any atom is 0.331 e. The summed E-state index contributed by atoms with van der Waals surface area (Å²) in [6.07, 6.45) is 2.74. The van der Waals surface area contributed by atoms with Gasteiger partial charge in [0.2, 0.25) is 0 Å². The van der Waals surface area contributed by atoms with E-state index in [0.29, 0.717) is 11.5 Å². The van der Waals surface area contributed by atoms with E-state index in [2.05, 4.69) is 25.2 Å². The summed E-state index contributed by atoms with van der Waals surface area (Å²) in [5.41, 5.74) is 1.32. The summed E-state index contributed by atoms with van der Waals surface area (Å²) in [5.74, 6) is -0.000997. The first-order valence-electron chi connectivity index (χ1n) is 5.22. The molecule has 2 aromatic rings. The predicted octanol–water partition coefficient (Wildman–Crippen LogP) is 1.44. The Morgan fingerprint density at radius 1 is 1.33 bits per heavy atom. The van der Waals surface area contributed by atoms with Crippen LogP contribution in [0.15, 0.2) is 41.7 Å². The van der Waals surface area contributed by atoms with E-state index in [1.54, 1.807) is 0 Å². The predicted molar refractivity (Wildman–Crippen MR) is 64.6 cm³/mol. The zero-order valence-electron chi connectivity index (χ0n) is 9.65. The number of carbonyl (C=O) groups is 1. The van der Waals surface area contributed by atoms with E-state index >= 15 is 0 Å². The van der Waals surface area contributed by atoms with Gasteiger partial charge in [-0.15, -0.1) is 5.10 Å². The molecule has 90 valence electrons. The summed E-state index contributed by atoms with van der Waals surface area (Å²) in [4.78, 5) is 19.2. The topological polar surface area (TPSA) is 77.3 Å². The molecule has 0 saturated heterocycles. The minimum atomic E-state index is -0.489. The number of nitrogens with zero attached hydrogens (tertiary/aromatic N) is 4. The molecule has 1 aromatic carbocycles. The lowest BCUT2D eigenvalue weighted by molar-refractivity contribution is -0.140. The Balaban J connectivity index is 2.20. The molecule has 1 aromatic heterocycles. The number of carbonyl (C=O) groups excluding carboxylic acids is 1. The van der Waals surface area contributed by atoms with Crippen LogP contribution in [0.4, 0.5) is 0 Å². The summed E-state index contributed by atoms with van der Waals surface area (Å²) in [7, 11) is 0. The van der Waals surface area contributed by atoms with Gasteiger partial charge in [0, 0.05) is 12.5 Å². The average Bonchev–Trinajstić information content (AvgIpc) is 2.40. The van der Waals surface area contributed by atoms with Gasteiger partial charge in [-0.25, -0.2) is 9.78 Å². The molecule has 0 radical (unpaired) electrons. The fourth-order valence-electron chi connectivity index (χ4n) is 1.24. The first-order chi connectivity index (χ1) is 8.75. The molecule has 18 heavy (non-hydrogen) atoms. The molecule has 0 aliphatic heterocycles. The van der Waals surface area contributed by atoms with Gasteiger partial charge < -0.3 is 4.84 Å². The van der Waals surface area contributed by atoms with Crippen LogP contribution in [0.5, 0.6) is 0 Å². The minimum Gasteiger partial charge on any atom is -0.319 e. The third-order valence-corrected chi connectivity index (χ3v) is 1.98. The monoisotopic (exact) mass is 242 g/mol. The van der Waals surface area contributed by atoms with Crippen molar-refractivity contribution in [1.29, 1.82) is 0 Å². The molecular formula is C12H10N4O2. The quantitative estimate of drug-likeness (QED) is 0.462. The third kappa shape index (κ3) is 3.18. The van der Waals surface area contributed by atoms with Gasteiger partial charge in [-0.3, -0.25) is 0 Å². The van der Waals surface area contributed by atoms with Gasteiger partial charge in [-0.1, -0.05) is 35.5 Å². The molecule has 0 saturated carbocycles. The zero-order valence-corrected chi connectivity index (χ0v) is 9.65. The average molecular weight is 242 g/mol. The molecule has 0 aliphatic rings. The molecule has 0 aliphatic carbocycles. The highest BCUT2D eigenvalue weighted by molar-refractivity contribution is 5.77. The number of benzene rings is 1. The van der Waals surface area contributed by atoms with E-state index in [4.69, 9.17) is 0 Å². The fraction of sp³-hybridized carbons (Fsp3) is 0.0833. The summed E-state index contributed by atoms with van der Waals surface area (Å²) >= 11 is 0. The Bertz CT molecular complexity index is 569. The van der Waals surface area contributed by atoms with Crippen molar-refractivity contribution in [3.05, 3.63) is 42.2 Å². The number of hydrogen-bond donors (Lipinski definition) is 0. The van der Waals surface area contributed by atoms with Gasteiger partial charge in [0.1, 0.15) is 5.69 Å². The zero-order chi connectivity index (χ0) is 12.8. The van der Waals surface area contributed by atoms with Gasteiger partial charge in [-0.2, -0.15) is 5.10 Å². The van der Waals surface area contributed by atoms with Crippen molar-refractivity contribution in [3.63, 3.8) is 0 Å². The minimum absolute atomic E-state index is 0.463. The molecule has 0 atom stereocenters. The molecule has 2 rings (SSSR count). The SMILES string of the molecule is CC(=O)O/N=C/c1cnnc(-c2ccccc2)n1. The van der Waals surface area contributed by atoms with Crippen LogP contribution in [0.1, 0.15) is 12.6 Å². The van der Waals surface area contributed by atoms with E-state index in [0.717, 1.165) is 5.56 Å². The molecule has 0 fully saturated rings. The standard InChI is InChI=1S/C12H10N4O2/c1-9(17)18-14-8-11-7-13-16-12(15-11)10-5-3-2-4-6-10/h2-8H,1H3/b14-8+. The summed E-state index contributed by atoms with van der Waals surface area (Å²) in [6.45, 7) is 1.27. The smallest absolute Gasteiger partial charge is 0.319 e. The first-order valence-corrected chi connectivity index (χ1v) is 5.22. The normalized spacial score (nSPS) is 10.5. The van der Waals surface area contributed by atoms with Crippen LogP contribution in [0, 0.1) is 0 Å². The van der Waals surface area contributed by atoms with Crippen molar-refractivity contribution in [1.82, 2.24) is 15.2 Å². The Labute approximate surface area is 103 Å². The lowest BCUT2D eigenvalue weighted by Gasteiger charge is -1.98. The van der Waals surface area contributed by atoms with Gasteiger partial charge in [0.25, 0.3) is 0 Å². The number of oxime groups is 1. The molecule has 1 heterocycles. The van der Waals surface area contributed by atoms with Crippen LogP contribution < -0.4 is 0 Å². The highest BCUT2D eigenvalue weighted by Crippen LogP contribution is 2.12. The lowest BCUT2D eigenvalue weighted by Crippen LogP contribution is -1.98. The molecule has 6 nitrogen and oxygen atoms in total. The molecule has 0 spiro atoms. The molecule has 0 bridgehead atoms. The summed E-state index contributed by atoms with van der Waals surface area (Å²) in [6, 6.07) is 9.44. The first kappa shape index (κ1) is 11.8. The second-order valence-electron chi connectivity index (χ2n) is 3.39. The summed E-state index contributed by atoms with van der Waals surface area (Å²) < 4.78 is 0. The van der Waals surface area contributed by atoms with E-state index in [-0.39, 0.29) is 0 Å². The molecule has 0 N–H and O–H groups in total. The number of rotatable bonds is 3. The van der Waals surface area contributed by atoms with Gasteiger partial charge in [0.05, 0.1) is 12.4 Å². The Kier molecular flexibility index (Phi) is 3.70. The second kappa shape index (κ2) is 5.62. The second-order valence-corrected chi connectivity index (χ2v) is 3.39. The largest absolute Gasteiger partial charge is 0.331 e. The lowest BCUT2D eigenvalue weighted by atomic mass is 10.2. The van der Waals surface area contributed by atoms with Gasteiger partial charge in [-0.05, 0) is 0 Å². The van der Waals surface area contributed by atoms with Crippen molar-refractivity contribution in [3.8, 4) is 11.4 Å². The van der Waals surface area contributed by atoms with Crippen LogP contribution in [0.25, 0.3) is 11.4 Å². The third-order valence-electron chi connectivity index (χ3n) is 1.98. The number of aromatic nitrogens is 3. The highest BCUT2D eigenvalue weighted by Gasteiger charge is 2.01. The molecule has 6 heteroatoms. The fourth-order valence-corrected chi connectivity index (χ4v) is 1.24. The van der Waals surface area contributed by atoms with Crippen molar-refractivity contribution >= 4 is 12.2 Å². The van der Waals surface area contributed by atoms with Gasteiger partial charge in [0.15, 0.2) is 5.82 Å². The Morgan fingerprint density at radius 3 is 2.83 bits per heavy atom. The van der Waals surface area contributed by atoms with Crippen molar-refractivity contribution in [2.24, 2.45) is 5.16 Å². The van der Waals surface area contributed by atoms with Crippen molar-refractivity contribution < 1.29 is 9.63 Å². The van der Waals surface area contributed by atoms with E-state index < -0.39 is 5.97 Å². The van der Waals surface area contributed by atoms with Gasteiger partial charge >= 0.3 is 5.97 Å². The van der Waals surface area contributed by atoms with Crippen LogP contribution in [-0.4, -0.2) is 27.4 Å². The van der Waals surface area contributed by atoms with Crippen LogP contribution in [0.2, 0.25) is 0 Å². The maximum atomic E-state index is 10.5. The Hall–Kier alpha value is -2.63. The number of hydrogen-bond acceptors (Lipinski definition) is 6. The van der Waals surface area contributed by atoms with E-state index in [1.807, 2.05) is 30.3 Å². The van der Waals surface area contributed by atoms with Crippen LogP contribution >= 0.6 is 0 Å². The highest BCUT2D eigenvalue weighted by atomic mass is 16.7. The van der Waals surface area contributed by atoms with Crippen molar-refractivity contribution in [2.45, 2.75) is 6.92 Å². The molecule has 0 unspecified atom stereocenters. The van der Waals surface area contributed by atoms with Crippen LogP contribution in [0.3, 0.4) is 0 Å².